The third kappa shape index (κ3) is 40.3. The molecule has 0 saturated carbocycles. The number of rotatable bonds is 43. The first-order valence-corrected chi connectivity index (χ1v) is 24.5. The molecule has 0 aromatic carbocycles. The lowest BCUT2D eigenvalue weighted by molar-refractivity contribution is -0.150. The molecule has 0 aliphatic rings. The molecule has 3 N–H and O–H groups in total. The third-order valence-corrected chi connectivity index (χ3v) is 10.8. The van der Waals surface area contributed by atoms with E-state index in [0.717, 1.165) is 70.6 Å². The number of carbonyl (C=O) groups is 2. The van der Waals surface area contributed by atoms with Crippen LogP contribution in [0.1, 0.15) is 233 Å². The summed E-state index contributed by atoms with van der Waals surface area (Å²) in [5.74, 6) is -0.596. The highest BCUT2D eigenvalue weighted by atomic mass is 16.5. The smallest absolute Gasteiger partial charge is 0.306 e. The van der Waals surface area contributed by atoms with Crippen LogP contribution in [-0.4, -0.2) is 46.9 Å². The number of hydrogen-bond donors (Lipinski definition) is 3. The fourth-order valence-corrected chi connectivity index (χ4v) is 7.05. The monoisotopic (exact) mass is 812 g/mol. The first-order chi connectivity index (χ1) is 28.5. The van der Waals surface area contributed by atoms with E-state index in [2.05, 4.69) is 74.7 Å². The Kier molecular flexibility index (Phi) is 43.7. The van der Waals surface area contributed by atoms with Crippen LogP contribution in [0, 0.1) is 0 Å². The van der Waals surface area contributed by atoms with Gasteiger partial charge in [0.05, 0.1) is 25.2 Å². The molecule has 1 amide bonds. The average Bonchev–Trinajstić information content (AvgIpc) is 3.22. The zero-order valence-electron chi connectivity index (χ0n) is 38.2. The van der Waals surface area contributed by atoms with Crippen LogP contribution in [0.4, 0.5) is 0 Å². The van der Waals surface area contributed by atoms with Crippen molar-refractivity contribution in [3.63, 3.8) is 0 Å². The predicted molar refractivity (Wildman–Crippen MR) is 250 cm³/mol. The van der Waals surface area contributed by atoms with E-state index in [9.17, 15) is 19.8 Å². The Bertz CT molecular complexity index is 1050. The number of unbranched alkanes of at least 4 members (excludes halogenated alkanes) is 22. The largest absolute Gasteiger partial charge is 0.461 e. The SMILES string of the molecule is CCCCC/C=C\C/C=C\C/C=C\C/C=C\CC(CC(=O)NC(CO)C(O)CCCCCCCCCCCC)OC(=O)CCCCC/C=C\CCCCCCCCC. The normalized spacial score (nSPS) is 13.8. The van der Waals surface area contributed by atoms with E-state index >= 15 is 0 Å². The van der Waals surface area contributed by atoms with Gasteiger partial charge < -0.3 is 20.3 Å². The zero-order chi connectivity index (χ0) is 42.4. The van der Waals surface area contributed by atoms with E-state index in [1.54, 1.807) is 0 Å². The highest BCUT2D eigenvalue weighted by Crippen LogP contribution is 2.15. The quantitative estimate of drug-likeness (QED) is 0.0324. The Morgan fingerprint density at radius 3 is 1.43 bits per heavy atom. The van der Waals surface area contributed by atoms with Crippen molar-refractivity contribution in [2.24, 2.45) is 0 Å². The lowest BCUT2D eigenvalue weighted by Crippen LogP contribution is -2.46. The Balaban J connectivity index is 4.77. The van der Waals surface area contributed by atoms with E-state index in [1.165, 1.54) is 116 Å². The van der Waals surface area contributed by atoms with Gasteiger partial charge in [-0.3, -0.25) is 9.59 Å². The Labute approximate surface area is 358 Å². The average molecular weight is 812 g/mol. The minimum absolute atomic E-state index is 0.00518. The maximum absolute atomic E-state index is 13.1. The topological polar surface area (TPSA) is 95.9 Å². The summed E-state index contributed by atoms with van der Waals surface area (Å²) in [6.07, 6.45) is 55.8. The highest BCUT2D eigenvalue weighted by molar-refractivity contribution is 5.77. The number of hydrogen-bond acceptors (Lipinski definition) is 5. The van der Waals surface area contributed by atoms with Crippen molar-refractivity contribution in [3.8, 4) is 0 Å². The molecule has 0 aliphatic carbocycles. The van der Waals surface area contributed by atoms with Crippen LogP contribution >= 0.6 is 0 Å². The van der Waals surface area contributed by atoms with Gasteiger partial charge in [-0.2, -0.15) is 0 Å². The van der Waals surface area contributed by atoms with Crippen LogP contribution in [0.5, 0.6) is 0 Å². The lowest BCUT2D eigenvalue weighted by Gasteiger charge is -2.24. The van der Waals surface area contributed by atoms with Crippen LogP contribution < -0.4 is 5.32 Å². The van der Waals surface area contributed by atoms with Gasteiger partial charge in [0.15, 0.2) is 0 Å². The van der Waals surface area contributed by atoms with Crippen molar-refractivity contribution < 1.29 is 24.5 Å². The van der Waals surface area contributed by atoms with Gasteiger partial charge in [0, 0.05) is 12.8 Å². The number of ether oxygens (including phenoxy) is 1. The van der Waals surface area contributed by atoms with E-state index in [4.69, 9.17) is 4.74 Å². The second kappa shape index (κ2) is 45.6. The van der Waals surface area contributed by atoms with E-state index in [1.807, 2.05) is 12.2 Å². The molecule has 0 spiro atoms. The lowest BCUT2D eigenvalue weighted by atomic mass is 10.0. The summed E-state index contributed by atoms with van der Waals surface area (Å²) in [7, 11) is 0. The standard InChI is InChI=1S/C52H93NO5/c1-4-7-10-13-16-19-22-24-26-27-29-31-34-37-40-43-48(58-52(57)45-42-39-36-33-30-28-25-23-20-17-14-11-8-5-2)46-51(56)53-49(47-54)50(55)44-41-38-35-32-21-18-15-12-9-6-3/h16,19,24,26,28-31,37,40,48-50,54-55H,4-15,17-18,20-23,25,27,32-36,38-39,41-47H2,1-3H3,(H,53,56)/b19-16-,26-24-,30-28-,31-29-,40-37-. The zero-order valence-corrected chi connectivity index (χ0v) is 38.2. The van der Waals surface area contributed by atoms with E-state index < -0.39 is 18.2 Å². The molecule has 0 rings (SSSR count). The van der Waals surface area contributed by atoms with Gasteiger partial charge in [0.2, 0.25) is 5.91 Å². The second-order valence-corrected chi connectivity index (χ2v) is 16.5. The number of nitrogens with one attached hydrogen (secondary N) is 1. The molecular weight excluding hydrogens is 719 g/mol. The minimum atomic E-state index is -0.812. The maximum atomic E-state index is 13.1. The summed E-state index contributed by atoms with van der Waals surface area (Å²) >= 11 is 0. The number of aliphatic hydroxyl groups is 2. The first-order valence-electron chi connectivity index (χ1n) is 24.5. The number of esters is 1. The molecular formula is C52H93NO5. The summed E-state index contributed by atoms with van der Waals surface area (Å²) in [4.78, 5) is 26.0. The summed E-state index contributed by atoms with van der Waals surface area (Å²) in [6, 6.07) is -0.733. The molecule has 3 atom stereocenters. The van der Waals surface area contributed by atoms with Crippen molar-refractivity contribution >= 4 is 11.9 Å². The minimum Gasteiger partial charge on any atom is -0.461 e. The van der Waals surface area contributed by atoms with Crippen LogP contribution in [0.2, 0.25) is 0 Å². The molecule has 3 unspecified atom stereocenters. The maximum Gasteiger partial charge on any atom is 0.306 e. The molecule has 0 radical (unpaired) electrons. The summed E-state index contributed by atoms with van der Waals surface area (Å²) in [6.45, 7) is 6.40. The predicted octanol–water partition coefficient (Wildman–Crippen LogP) is 14.5. The molecule has 0 aromatic rings. The van der Waals surface area contributed by atoms with Crippen molar-refractivity contribution in [1.82, 2.24) is 5.32 Å². The molecule has 0 bridgehead atoms. The fourth-order valence-electron chi connectivity index (χ4n) is 7.05. The number of aliphatic hydroxyl groups excluding tert-OH is 2. The molecule has 0 aromatic heterocycles. The van der Waals surface area contributed by atoms with Crippen molar-refractivity contribution in [1.29, 1.82) is 0 Å². The molecule has 0 fully saturated rings. The number of carbonyl (C=O) groups excluding carboxylic acids is 2. The van der Waals surface area contributed by atoms with Crippen LogP contribution in [0.15, 0.2) is 60.8 Å². The van der Waals surface area contributed by atoms with Gasteiger partial charge in [-0.1, -0.05) is 204 Å². The first kappa shape index (κ1) is 55.6. The van der Waals surface area contributed by atoms with Gasteiger partial charge in [-0.05, 0) is 70.6 Å². The Morgan fingerprint density at radius 2 is 0.914 bits per heavy atom. The van der Waals surface area contributed by atoms with E-state index in [0.29, 0.717) is 19.3 Å². The molecule has 58 heavy (non-hydrogen) atoms. The fraction of sp³-hybridized carbons (Fsp3) is 0.769. The number of allylic oxidation sites excluding steroid dienone is 9. The highest BCUT2D eigenvalue weighted by Gasteiger charge is 2.23. The van der Waals surface area contributed by atoms with E-state index in [-0.39, 0.29) is 24.9 Å². The van der Waals surface area contributed by atoms with Gasteiger partial charge >= 0.3 is 5.97 Å². The summed E-state index contributed by atoms with van der Waals surface area (Å²) < 4.78 is 5.85. The molecule has 0 heterocycles. The summed E-state index contributed by atoms with van der Waals surface area (Å²) in [5, 5.41) is 23.6. The van der Waals surface area contributed by atoms with Gasteiger partial charge in [-0.15, -0.1) is 0 Å². The van der Waals surface area contributed by atoms with Gasteiger partial charge in [0.1, 0.15) is 6.10 Å². The van der Waals surface area contributed by atoms with Crippen LogP contribution in [0.25, 0.3) is 0 Å². The molecule has 6 nitrogen and oxygen atoms in total. The molecule has 6 heteroatoms. The van der Waals surface area contributed by atoms with Gasteiger partial charge in [0.25, 0.3) is 0 Å². The van der Waals surface area contributed by atoms with Crippen LogP contribution in [0.3, 0.4) is 0 Å². The molecule has 0 saturated heterocycles. The molecule has 336 valence electrons. The number of amides is 1. The van der Waals surface area contributed by atoms with Crippen molar-refractivity contribution in [3.05, 3.63) is 60.8 Å². The third-order valence-electron chi connectivity index (χ3n) is 10.8. The van der Waals surface area contributed by atoms with Crippen LogP contribution in [-0.2, 0) is 14.3 Å². The summed E-state index contributed by atoms with van der Waals surface area (Å²) in [5.41, 5.74) is 0. The molecule has 0 aliphatic heterocycles. The Morgan fingerprint density at radius 1 is 0.517 bits per heavy atom. The Hall–Kier alpha value is -2.44. The van der Waals surface area contributed by atoms with Gasteiger partial charge in [-0.25, -0.2) is 0 Å². The second-order valence-electron chi connectivity index (χ2n) is 16.5. The van der Waals surface area contributed by atoms with Crippen molar-refractivity contribution in [2.75, 3.05) is 6.61 Å². The van der Waals surface area contributed by atoms with Crippen molar-refractivity contribution in [2.45, 2.75) is 251 Å².